The number of alkyl halides is 6. The predicted molar refractivity (Wildman–Crippen MR) is 121 cm³/mol. The van der Waals surface area contributed by atoms with Gasteiger partial charge in [0.2, 0.25) is 0 Å². The van der Waals surface area contributed by atoms with E-state index < -0.39 is 29.8 Å². The third-order valence-corrected chi connectivity index (χ3v) is 6.63. The van der Waals surface area contributed by atoms with Gasteiger partial charge in [-0.25, -0.2) is 4.98 Å². The summed E-state index contributed by atoms with van der Waals surface area (Å²) < 4.78 is 78.8. The van der Waals surface area contributed by atoms with Crippen LogP contribution in [0.1, 0.15) is 66.8 Å². The Morgan fingerprint density at radius 1 is 1.00 bits per heavy atom. The second kappa shape index (κ2) is 10.8. The highest BCUT2D eigenvalue weighted by Gasteiger charge is 2.39. The van der Waals surface area contributed by atoms with Crippen LogP contribution in [0.4, 0.5) is 32.0 Å². The molecule has 11 heteroatoms. The lowest BCUT2D eigenvalue weighted by Gasteiger charge is -2.25. The Morgan fingerprint density at radius 3 is 2.08 bits per heavy atom. The molecule has 3 rings (SSSR count). The molecule has 2 N–H and O–H groups in total. The average Bonchev–Trinajstić information content (AvgIpc) is 2.99. The summed E-state index contributed by atoms with van der Waals surface area (Å²) in [6.45, 7) is 3.73. The molecular weight excluding hydrogens is 486 g/mol. The first kappa shape index (κ1) is 27.3. The van der Waals surface area contributed by atoms with Gasteiger partial charge in [0.15, 0.2) is 0 Å². The number of nitriles is 1. The average molecular weight is 512 g/mol. The van der Waals surface area contributed by atoms with E-state index in [1.54, 1.807) is 31.2 Å². The van der Waals surface area contributed by atoms with E-state index in [0.29, 0.717) is 42.5 Å². The highest BCUT2D eigenvalue weighted by atomic mass is 19.4. The number of carbonyl (C=O) groups excluding carboxylic acids is 1. The molecule has 1 amide bonds. The zero-order valence-electron chi connectivity index (χ0n) is 19.7. The number of rotatable bonds is 5. The van der Waals surface area contributed by atoms with Gasteiger partial charge in [0, 0.05) is 23.3 Å². The molecule has 1 saturated carbocycles. The van der Waals surface area contributed by atoms with Crippen LogP contribution in [0.5, 0.6) is 0 Å². The van der Waals surface area contributed by atoms with Gasteiger partial charge in [0.05, 0.1) is 11.6 Å². The van der Waals surface area contributed by atoms with Crippen LogP contribution in [0.2, 0.25) is 0 Å². The van der Waals surface area contributed by atoms with Crippen molar-refractivity contribution in [3.63, 3.8) is 0 Å². The minimum atomic E-state index is -5.01. The first-order chi connectivity index (χ1) is 16.8. The lowest BCUT2D eigenvalue weighted by Crippen LogP contribution is -2.38. The van der Waals surface area contributed by atoms with Gasteiger partial charge < -0.3 is 10.6 Å². The fourth-order valence-electron chi connectivity index (χ4n) is 4.45. The molecule has 194 valence electrons. The Bertz CT molecular complexity index is 1080. The fraction of sp³-hybridized carbons (Fsp3) is 0.480. The Morgan fingerprint density at radius 2 is 1.56 bits per heavy atom. The van der Waals surface area contributed by atoms with Crippen LogP contribution in [0.3, 0.4) is 0 Å². The largest absolute Gasteiger partial charge is 0.433 e. The van der Waals surface area contributed by atoms with Crippen LogP contribution in [0.15, 0.2) is 36.4 Å². The topological polar surface area (TPSA) is 77.8 Å². The van der Waals surface area contributed by atoms with Crippen molar-refractivity contribution in [1.29, 1.82) is 5.26 Å². The molecule has 1 heterocycles. The smallest absolute Gasteiger partial charge is 0.382 e. The standard InChI is InChI=1S/C25H26F6N4O/c1-14-3-6-17(9-10-20(14)34-23(36)18-7-4-16(13-32)5-8-18)15(2)33-19-11-21(24(26,27)28)35-22(12-19)25(29,30)31/h4-5,7-8,11-12,14-15,17,20H,3,6,9-10H2,1-2H3,(H,33,35)(H,34,36)/t14?,15-,17-,20?/m0/s1. The van der Waals surface area contributed by atoms with Gasteiger partial charge in [0.25, 0.3) is 5.91 Å². The van der Waals surface area contributed by atoms with E-state index in [4.69, 9.17) is 5.26 Å². The Hall–Kier alpha value is -3.29. The first-order valence-corrected chi connectivity index (χ1v) is 11.5. The molecular formula is C25H26F6N4O. The van der Waals surface area contributed by atoms with Gasteiger partial charge in [0.1, 0.15) is 11.4 Å². The lowest BCUT2D eigenvalue weighted by atomic mass is 9.92. The highest BCUT2D eigenvalue weighted by Crippen LogP contribution is 2.36. The minimum Gasteiger partial charge on any atom is -0.382 e. The number of nitrogens with zero attached hydrogens (tertiary/aromatic N) is 2. The molecule has 1 aromatic heterocycles. The van der Waals surface area contributed by atoms with Crippen LogP contribution >= 0.6 is 0 Å². The van der Waals surface area contributed by atoms with Crippen molar-refractivity contribution >= 4 is 11.6 Å². The summed E-state index contributed by atoms with van der Waals surface area (Å²) in [5, 5.41) is 14.7. The number of amides is 1. The second-order valence-electron chi connectivity index (χ2n) is 9.22. The Balaban J connectivity index is 1.68. The number of benzene rings is 1. The molecule has 1 aliphatic carbocycles. The van der Waals surface area contributed by atoms with E-state index in [1.807, 2.05) is 13.0 Å². The van der Waals surface area contributed by atoms with Crippen molar-refractivity contribution in [1.82, 2.24) is 10.3 Å². The number of pyridine rings is 1. The molecule has 1 fully saturated rings. The third kappa shape index (κ3) is 6.89. The summed E-state index contributed by atoms with van der Waals surface area (Å²) in [6, 6.07) is 8.88. The number of hydrogen-bond donors (Lipinski definition) is 2. The summed E-state index contributed by atoms with van der Waals surface area (Å²) in [5.74, 6) is -0.169. The first-order valence-electron chi connectivity index (χ1n) is 11.5. The maximum atomic E-state index is 13.1. The van der Waals surface area contributed by atoms with Crippen LogP contribution < -0.4 is 10.6 Å². The maximum absolute atomic E-state index is 13.1. The maximum Gasteiger partial charge on any atom is 0.433 e. The van der Waals surface area contributed by atoms with Gasteiger partial charge in [-0.2, -0.15) is 31.6 Å². The summed E-state index contributed by atoms with van der Waals surface area (Å²) in [6.07, 6.45) is -7.37. The molecule has 1 aromatic carbocycles. The molecule has 36 heavy (non-hydrogen) atoms. The SMILES string of the molecule is CC1CC[C@H]([C@H](C)Nc2cc(C(F)(F)F)nc(C(F)(F)F)c2)CCC1NC(=O)c1ccc(C#N)cc1. The van der Waals surface area contributed by atoms with E-state index in [9.17, 15) is 31.1 Å². The molecule has 2 aromatic rings. The number of aromatic nitrogens is 1. The second-order valence-corrected chi connectivity index (χ2v) is 9.22. The molecule has 0 bridgehead atoms. The van der Waals surface area contributed by atoms with E-state index in [0.717, 1.165) is 6.42 Å². The van der Waals surface area contributed by atoms with Crippen LogP contribution in [-0.4, -0.2) is 23.0 Å². The molecule has 2 unspecified atom stereocenters. The number of hydrogen-bond acceptors (Lipinski definition) is 4. The monoisotopic (exact) mass is 512 g/mol. The Kier molecular flexibility index (Phi) is 8.16. The quantitative estimate of drug-likeness (QED) is 0.358. The molecule has 0 radical (unpaired) electrons. The van der Waals surface area contributed by atoms with Gasteiger partial charge in [-0.15, -0.1) is 0 Å². The molecule has 0 aliphatic heterocycles. The van der Waals surface area contributed by atoms with Crippen molar-refractivity contribution in [3.05, 3.63) is 58.9 Å². The van der Waals surface area contributed by atoms with Crippen LogP contribution in [-0.2, 0) is 12.4 Å². The number of anilines is 1. The van der Waals surface area contributed by atoms with Crippen LogP contribution in [0, 0.1) is 23.2 Å². The third-order valence-electron chi connectivity index (χ3n) is 6.63. The summed E-state index contributed by atoms with van der Waals surface area (Å²) in [5.41, 5.74) is -2.63. The van der Waals surface area contributed by atoms with E-state index in [1.165, 1.54) is 0 Å². The van der Waals surface area contributed by atoms with Crippen LogP contribution in [0.25, 0.3) is 0 Å². The van der Waals surface area contributed by atoms with Crippen molar-refractivity contribution < 1.29 is 31.1 Å². The van der Waals surface area contributed by atoms with E-state index in [-0.39, 0.29) is 29.5 Å². The number of halogens is 6. The van der Waals surface area contributed by atoms with Crippen molar-refractivity contribution in [2.75, 3.05) is 5.32 Å². The molecule has 0 spiro atoms. The molecule has 4 atom stereocenters. The minimum absolute atomic E-state index is 0.0268. The number of nitrogens with one attached hydrogen (secondary N) is 2. The fourth-order valence-corrected chi connectivity index (χ4v) is 4.45. The van der Waals surface area contributed by atoms with Gasteiger partial charge in [-0.3, -0.25) is 4.79 Å². The van der Waals surface area contributed by atoms with Gasteiger partial charge in [-0.1, -0.05) is 6.92 Å². The lowest BCUT2D eigenvalue weighted by molar-refractivity contribution is -0.150. The zero-order chi connectivity index (χ0) is 26.7. The summed E-state index contributed by atoms with van der Waals surface area (Å²) in [7, 11) is 0. The predicted octanol–water partition coefficient (Wildman–Crippen LogP) is 6.42. The van der Waals surface area contributed by atoms with Gasteiger partial charge in [-0.05, 0) is 80.8 Å². The van der Waals surface area contributed by atoms with Crippen molar-refractivity contribution in [2.45, 2.75) is 64.0 Å². The van der Waals surface area contributed by atoms with Gasteiger partial charge >= 0.3 is 12.4 Å². The molecule has 0 saturated heterocycles. The zero-order valence-corrected chi connectivity index (χ0v) is 19.7. The number of carbonyl (C=O) groups is 1. The normalized spacial score (nSPS) is 21.7. The highest BCUT2D eigenvalue weighted by molar-refractivity contribution is 5.94. The summed E-state index contributed by atoms with van der Waals surface area (Å²) >= 11 is 0. The van der Waals surface area contributed by atoms with Crippen molar-refractivity contribution in [2.24, 2.45) is 11.8 Å². The molecule has 1 aliphatic rings. The van der Waals surface area contributed by atoms with E-state index >= 15 is 0 Å². The van der Waals surface area contributed by atoms with E-state index in [2.05, 4.69) is 15.6 Å². The van der Waals surface area contributed by atoms with Crippen molar-refractivity contribution in [3.8, 4) is 6.07 Å². The Labute approximate surface area is 204 Å². The summed E-state index contributed by atoms with van der Waals surface area (Å²) in [4.78, 5) is 15.4. The molecule has 5 nitrogen and oxygen atoms in total.